The van der Waals surface area contributed by atoms with Crippen molar-refractivity contribution < 1.29 is 4.79 Å². The average molecular weight is 400 g/mol. The zero-order valence-electron chi connectivity index (χ0n) is 19.1. The molecule has 0 bridgehead atoms. The van der Waals surface area contributed by atoms with E-state index in [2.05, 4.69) is 37.9 Å². The van der Waals surface area contributed by atoms with Crippen molar-refractivity contribution in [3.05, 3.63) is 22.5 Å². The molecule has 0 spiro atoms. The second-order valence-corrected chi connectivity index (χ2v) is 9.42. The number of aryl methyl sites for hydroxylation is 3. The number of fused-ring (bicyclic) bond motifs is 1. The predicted octanol–water partition coefficient (Wildman–Crippen LogP) is 3.65. The summed E-state index contributed by atoms with van der Waals surface area (Å²) in [6.45, 7) is 17.0. The smallest absolute Gasteiger partial charge is 0.220 e. The fourth-order valence-electron chi connectivity index (χ4n) is 4.41. The maximum Gasteiger partial charge on any atom is 0.220 e. The van der Waals surface area contributed by atoms with Gasteiger partial charge in [-0.1, -0.05) is 0 Å². The summed E-state index contributed by atoms with van der Waals surface area (Å²) in [5, 5.41) is 8.97. The van der Waals surface area contributed by atoms with Crippen LogP contribution in [0.15, 0.2) is 0 Å². The minimum Gasteiger partial charge on any atom is -0.356 e. The third kappa shape index (κ3) is 4.97. The summed E-state index contributed by atoms with van der Waals surface area (Å²) in [4.78, 5) is 19.7. The van der Waals surface area contributed by atoms with Gasteiger partial charge in [0.25, 0.3) is 0 Å². The lowest BCUT2D eigenvalue weighted by atomic mass is 9.99. The van der Waals surface area contributed by atoms with Gasteiger partial charge < -0.3 is 10.2 Å². The van der Waals surface area contributed by atoms with Gasteiger partial charge in [0.2, 0.25) is 5.91 Å². The molecule has 1 saturated heterocycles. The maximum atomic E-state index is 12.3. The van der Waals surface area contributed by atoms with Crippen molar-refractivity contribution in [3.8, 4) is 0 Å². The lowest BCUT2D eigenvalue weighted by Gasteiger charge is -2.20. The van der Waals surface area contributed by atoms with Gasteiger partial charge in [0.15, 0.2) is 5.65 Å². The van der Waals surface area contributed by atoms with E-state index in [1.807, 2.05) is 18.5 Å². The largest absolute Gasteiger partial charge is 0.356 e. The number of amides is 1. The average Bonchev–Trinajstić information content (AvgIpc) is 3.26. The normalized spacial score (nSPS) is 15.4. The van der Waals surface area contributed by atoms with Crippen LogP contribution in [0.1, 0.15) is 69.0 Å². The molecule has 0 radical (unpaired) electrons. The molecule has 0 unspecified atom stereocenters. The van der Waals surface area contributed by atoms with E-state index >= 15 is 0 Å². The predicted molar refractivity (Wildman–Crippen MR) is 118 cm³/mol. The summed E-state index contributed by atoms with van der Waals surface area (Å²) in [6.07, 6.45) is 4.89. The van der Waals surface area contributed by atoms with Crippen molar-refractivity contribution in [2.75, 3.05) is 26.2 Å². The van der Waals surface area contributed by atoms with Gasteiger partial charge in [-0.2, -0.15) is 5.10 Å². The van der Waals surface area contributed by atoms with E-state index in [4.69, 9.17) is 10.1 Å². The Morgan fingerprint density at radius 3 is 2.45 bits per heavy atom. The van der Waals surface area contributed by atoms with E-state index in [0.29, 0.717) is 6.42 Å². The van der Waals surface area contributed by atoms with Crippen molar-refractivity contribution >= 4 is 16.9 Å². The number of aromatic nitrogens is 3. The zero-order chi connectivity index (χ0) is 21.2. The van der Waals surface area contributed by atoms with E-state index in [0.717, 1.165) is 48.4 Å². The highest BCUT2D eigenvalue weighted by Gasteiger charge is 2.23. The highest BCUT2D eigenvalue weighted by Crippen LogP contribution is 2.29. The van der Waals surface area contributed by atoms with Crippen molar-refractivity contribution in [2.24, 2.45) is 0 Å². The number of nitrogens with zero attached hydrogens (tertiary/aromatic N) is 4. The second-order valence-electron chi connectivity index (χ2n) is 9.42. The molecule has 0 atom stereocenters. The summed E-state index contributed by atoms with van der Waals surface area (Å²) >= 11 is 0. The van der Waals surface area contributed by atoms with E-state index in [1.165, 1.54) is 37.1 Å². The van der Waals surface area contributed by atoms with Crippen LogP contribution in [0, 0.1) is 20.8 Å². The van der Waals surface area contributed by atoms with Gasteiger partial charge in [0, 0.05) is 24.0 Å². The SMILES string of the molecule is Cc1nc2c(c(C)nn2C(C)(C)C)c(C)c1CCC(=O)NCCCN1CCCC1. The van der Waals surface area contributed by atoms with Gasteiger partial charge in [-0.3, -0.25) is 4.79 Å². The first kappa shape index (κ1) is 21.8. The van der Waals surface area contributed by atoms with Crippen LogP contribution in [-0.4, -0.2) is 51.8 Å². The molecule has 1 fully saturated rings. The van der Waals surface area contributed by atoms with Crippen LogP contribution in [-0.2, 0) is 16.8 Å². The number of hydrogen-bond acceptors (Lipinski definition) is 4. The van der Waals surface area contributed by atoms with Crippen molar-refractivity contribution in [2.45, 2.75) is 79.2 Å². The Balaban J connectivity index is 1.62. The van der Waals surface area contributed by atoms with Crippen LogP contribution in [0.4, 0.5) is 0 Å². The Morgan fingerprint density at radius 1 is 1.10 bits per heavy atom. The second kappa shape index (κ2) is 8.82. The molecular formula is C23H37N5O. The molecule has 1 N–H and O–H groups in total. The molecule has 2 aromatic heterocycles. The van der Waals surface area contributed by atoms with E-state index < -0.39 is 0 Å². The number of likely N-dealkylation sites (tertiary alicyclic amines) is 1. The third-order valence-corrected chi connectivity index (χ3v) is 5.98. The van der Waals surface area contributed by atoms with Gasteiger partial charge in [-0.15, -0.1) is 0 Å². The lowest BCUT2D eigenvalue weighted by molar-refractivity contribution is -0.121. The molecule has 160 valence electrons. The number of nitrogens with one attached hydrogen (secondary N) is 1. The van der Waals surface area contributed by atoms with Gasteiger partial charge >= 0.3 is 0 Å². The fourth-order valence-corrected chi connectivity index (χ4v) is 4.41. The quantitative estimate of drug-likeness (QED) is 0.722. The van der Waals surface area contributed by atoms with E-state index in [9.17, 15) is 4.79 Å². The molecular weight excluding hydrogens is 362 g/mol. The van der Waals surface area contributed by atoms with Gasteiger partial charge in [-0.05, 0) is 98.0 Å². The van der Waals surface area contributed by atoms with Crippen molar-refractivity contribution in [1.82, 2.24) is 25.0 Å². The number of carbonyl (C=O) groups is 1. The number of pyridine rings is 1. The zero-order valence-corrected chi connectivity index (χ0v) is 19.1. The third-order valence-electron chi connectivity index (χ3n) is 5.98. The molecule has 1 aliphatic heterocycles. The molecule has 0 aromatic carbocycles. The summed E-state index contributed by atoms with van der Waals surface area (Å²) in [5.74, 6) is 0.132. The van der Waals surface area contributed by atoms with Crippen molar-refractivity contribution in [3.63, 3.8) is 0 Å². The first-order valence-corrected chi connectivity index (χ1v) is 11.0. The molecule has 1 amide bonds. The van der Waals surface area contributed by atoms with Crippen LogP contribution < -0.4 is 5.32 Å². The Kier molecular flexibility index (Phi) is 6.62. The van der Waals surface area contributed by atoms with Crippen LogP contribution in [0.25, 0.3) is 11.0 Å². The molecule has 0 saturated carbocycles. The highest BCUT2D eigenvalue weighted by atomic mass is 16.1. The molecule has 6 heteroatoms. The summed E-state index contributed by atoms with van der Waals surface area (Å²) in [7, 11) is 0. The Hall–Kier alpha value is -1.95. The van der Waals surface area contributed by atoms with Crippen LogP contribution >= 0.6 is 0 Å². The summed E-state index contributed by atoms with van der Waals surface area (Å²) < 4.78 is 2.02. The lowest BCUT2D eigenvalue weighted by Crippen LogP contribution is -2.28. The Bertz CT molecular complexity index is 872. The van der Waals surface area contributed by atoms with Gasteiger partial charge in [0.1, 0.15) is 0 Å². The van der Waals surface area contributed by atoms with E-state index in [1.54, 1.807) is 0 Å². The van der Waals surface area contributed by atoms with Crippen LogP contribution in [0.5, 0.6) is 0 Å². The minimum atomic E-state index is -0.116. The van der Waals surface area contributed by atoms with Crippen LogP contribution in [0.2, 0.25) is 0 Å². The van der Waals surface area contributed by atoms with Gasteiger partial charge in [0.05, 0.1) is 11.2 Å². The Labute approximate surface area is 175 Å². The monoisotopic (exact) mass is 399 g/mol. The van der Waals surface area contributed by atoms with Crippen LogP contribution in [0.3, 0.4) is 0 Å². The van der Waals surface area contributed by atoms with Crippen molar-refractivity contribution in [1.29, 1.82) is 0 Å². The molecule has 2 aromatic rings. The topological polar surface area (TPSA) is 63.1 Å². The first-order valence-electron chi connectivity index (χ1n) is 11.0. The molecule has 1 aliphatic rings. The maximum absolute atomic E-state index is 12.3. The molecule has 0 aliphatic carbocycles. The standard InChI is InChI=1S/C23H37N5O/c1-16-19(10-11-20(29)24-12-9-15-27-13-7-8-14-27)17(2)25-22-21(16)18(3)26-28(22)23(4,5)6/h7-15H2,1-6H3,(H,24,29). The number of rotatable bonds is 7. The Morgan fingerprint density at radius 2 is 1.79 bits per heavy atom. The van der Waals surface area contributed by atoms with Gasteiger partial charge in [-0.25, -0.2) is 9.67 Å². The fraction of sp³-hybridized carbons (Fsp3) is 0.696. The molecule has 29 heavy (non-hydrogen) atoms. The highest BCUT2D eigenvalue weighted by molar-refractivity contribution is 5.84. The number of carbonyl (C=O) groups excluding carboxylic acids is 1. The molecule has 3 rings (SSSR count). The summed E-state index contributed by atoms with van der Waals surface area (Å²) in [5.41, 5.74) is 5.23. The molecule has 3 heterocycles. The number of hydrogen-bond donors (Lipinski definition) is 1. The van der Waals surface area contributed by atoms with E-state index in [-0.39, 0.29) is 11.4 Å². The molecule has 6 nitrogen and oxygen atoms in total. The minimum absolute atomic E-state index is 0.116. The summed E-state index contributed by atoms with van der Waals surface area (Å²) in [6, 6.07) is 0. The first-order chi connectivity index (χ1) is 13.7.